The average Bonchev–Trinajstić information content (AvgIpc) is 3.14. The van der Waals surface area contributed by atoms with E-state index in [1.54, 1.807) is 0 Å². The lowest BCUT2D eigenvalue weighted by Gasteiger charge is -2.06. The van der Waals surface area contributed by atoms with Crippen molar-refractivity contribution in [2.45, 2.75) is 32.6 Å². The standard InChI is InChI=1S/C15H23NO/c1-3-9-17-14-7-5-12(6-8-14)15-10-13(15)11-16-4-2/h5-8,13,15-16H,3-4,9-11H2,1-2H3. The summed E-state index contributed by atoms with van der Waals surface area (Å²) in [6.07, 6.45) is 2.40. The summed E-state index contributed by atoms with van der Waals surface area (Å²) in [6.45, 7) is 7.34. The second-order valence-corrected chi connectivity index (χ2v) is 4.83. The largest absolute Gasteiger partial charge is 0.494 e. The maximum Gasteiger partial charge on any atom is 0.119 e. The molecular formula is C15H23NO. The van der Waals surface area contributed by atoms with E-state index in [4.69, 9.17) is 4.74 Å². The zero-order valence-corrected chi connectivity index (χ0v) is 10.9. The molecule has 2 unspecified atom stereocenters. The van der Waals surface area contributed by atoms with Gasteiger partial charge in [0, 0.05) is 0 Å². The van der Waals surface area contributed by atoms with E-state index in [9.17, 15) is 0 Å². The number of benzene rings is 1. The predicted octanol–water partition coefficient (Wildman–Crippen LogP) is 3.19. The molecule has 1 N–H and O–H groups in total. The van der Waals surface area contributed by atoms with Gasteiger partial charge in [-0.25, -0.2) is 0 Å². The van der Waals surface area contributed by atoms with Gasteiger partial charge in [0.15, 0.2) is 0 Å². The maximum atomic E-state index is 5.59. The summed E-state index contributed by atoms with van der Waals surface area (Å²) in [5, 5.41) is 3.42. The van der Waals surface area contributed by atoms with Crippen LogP contribution in [0.5, 0.6) is 5.75 Å². The lowest BCUT2D eigenvalue weighted by Crippen LogP contribution is -2.16. The minimum Gasteiger partial charge on any atom is -0.494 e. The average molecular weight is 233 g/mol. The van der Waals surface area contributed by atoms with Crippen molar-refractivity contribution >= 4 is 0 Å². The molecule has 1 fully saturated rings. The lowest BCUT2D eigenvalue weighted by atomic mass is 10.1. The highest BCUT2D eigenvalue weighted by molar-refractivity contribution is 5.32. The van der Waals surface area contributed by atoms with Crippen molar-refractivity contribution in [3.63, 3.8) is 0 Å². The van der Waals surface area contributed by atoms with Gasteiger partial charge in [-0.3, -0.25) is 0 Å². The van der Waals surface area contributed by atoms with Crippen LogP contribution in [-0.2, 0) is 0 Å². The Morgan fingerprint density at radius 1 is 1.24 bits per heavy atom. The molecule has 0 heterocycles. The van der Waals surface area contributed by atoms with Crippen LogP contribution in [0.3, 0.4) is 0 Å². The molecule has 2 nitrogen and oxygen atoms in total. The molecule has 1 saturated carbocycles. The molecule has 0 aromatic heterocycles. The summed E-state index contributed by atoms with van der Waals surface area (Å²) < 4.78 is 5.59. The van der Waals surface area contributed by atoms with E-state index in [2.05, 4.69) is 43.4 Å². The zero-order chi connectivity index (χ0) is 12.1. The molecule has 0 radical (unpaired) electrons. The van der Waals surface area contributed by atoms with E-state index in [1.807, 2.05) is 0 Å². The molecular weight excluding hydrogens is 210 g/mol. The Balaban J connectivity index is 1.83. The Hall–Kier alpha value is -1.02. The highest BCUT2D eigenvalue weighted by Crippen LogP contribution is 2.47. The van der Waals surface area contributed by atoms with Crippen molar-refractivity contribution in [1.82, 2.24) is 5.32 Å². The molecule has 0 spiro atoms. The Kier molecular flexibility index (Phi) is 4.43. The molecule has 0 bridgehead atoms. The van der Waals surface area contributed by atoms with Gasteiger partial charge in [0.2, 0.25) is 0 Å². The summed E-state index contributed by atoms with van der Waals surface area (Å²) in [6, 6.07) is 8.66. The van der Waals surface area contributed by atoms with E-state index < -0.39 is 0 Å². The topological polar surface area (TPSA) is 21.3 Å². The second kappa shape index (κ2) is 6.06. The summed E-state index contributed by atoms with van der Waals surface area (Å²) in [5.41, 5.74) is 1.47. The van der Waals surface area contributed by atoms with Crippen LogP contribution >= 0.6 is 0 Å². The van der Waals surface area contributed by atoms with Crippen LogP contribution < -0.4 is 10.1 Å². The Bertz CT molecular complexity index is 333. The molecule has 1 aromatic carbocycles. The smallest absolute Gasteiger partial charge is 0.119 e. The van der Waals surface area contributed by atoms with Crippen LogP contribution in [0.15, 0.2) is 24.3 Å². The van der Waals surface area contributed by atoms with Crippen LogP contribution in [0.1, 0.15) is 38.2 Å². The van der Waals surface area contributed by atoms with Gasteiger partial charge in [-0.2, -0.15) is 0 Å². The molecule has 0 amide bonds. The van der Waals surface area contributed by atoms with Gasteiger partial charge in [0.05, 0.1) is 6.61 Å². The quantitative estimate of drug-likeness (QED) is 0.781. The lowest BCUT2D eigenvalue weighted by molar-refractivity contribution is 0.317. The van der Waals surface area contributed by atoms with Crippen molar-refractivity contribution in [3.05, 3.63) is 29.8 Å². The molecule has 2 heteroatoms. The molecule has 1 aliphatic rings. The summed E-state index contributed by atoms with van der Waals surface area (Å²) in [4.78, 5) is 0. The van der Waals surface area contributed by atoms with Crippen LogP contribution in [0.25, 0.3) is 0 Å². The predicted molar refractivity (Wildman–Crippen MR) is 71.6 cm³/mol. The number of hydrogen-bond acceptors (Lipinski definition) is 2. The van der Waals surface area contributed by atoms with Crippen molar-refractivity contribution in [1.29, 1.82) is 0 Å². The first-order valence-electron chi connectivity index (χ1n) is 6.78. The molecule has 1 aromatic rings. The Labute approximate surface area is 104 Å². The fraction of sp³-hybridized carbons (Fsp3) is 0.600. The van der Waals surface area contributed by atoms with E-state index in [-0.39, 0.29) is 0 Å². The first-order chi connectivity index (χ1) is 8.35. The third-order valence-corrected chi connectivity index (χ3v) is 3.36. The molecule has 17 heavy (non-hydrogen) atoms. The minimum atomic E-state index is 0.772. The molecule has 2 rings (SSSR count). The first kappa shape index (κ1) is 12.4. The number of ether oxygens (including phenoxy) is 1. The summed E-state index contributed by atoms with van der Waals surface area (Å²) in [7, 11) is 0. The van der Waals surface area contributed by atoms with Crippen LogP contribution in [0, 0.1) is 5.92 Å². The molecule has 94 valence electrons. The van der Waals surface area contributed by atoms with Gasteiger partial charge in [0.1, 0.15) is 5.75 Å². The fourth-order valence-corrected chi connectivity index (χ4v) is 2.24. The van der Waals surface area contributed by atoms with Crippen molar-refractivity contribution in [3.8, 4) is 5.75 Å². The van der Waals surface area contributed by atoms with Gasteiger partial charge in [-0.15, -0.1) is 0 Å². The zero-order valence-electron chi connectivity index (χ0n) is 10.9. The molecule has 2 atom stereocenters. The van der Waals surface area contributed by atoms with Gasteiger partial charge in [0.25, 0.3) is 0 Å². The van der Waals surface area contributed by atoms with Gasteiger partial charge in [-0.05, 0) is 55.5 Å². The van der Waals surface area contributed by atoms with Crippen LogP contribution in [0.2, 0.25) is 0 Å². The van der Waals surface area contributed by atoms with E-state index >= 15 is 0 Å². The Morgan fingerprint density at radius 2 is 2.00 bits per heavy atom. The minimum absolute atomic E-state index is 0.772. The molecule has 1 aliphatic carbocycles. The van der Waals surface area contributed by atoms with E-state index in [0.29, 0.717) is 0 Å². The molecule has 0 aliphatic heterocycles. The second-order valence-electron chi connectivity index (χ2n) is 4.83. The third kappa shape index (κ3) is 3.47. The highest BCUT2D eigenvalue weighted by Gasteiger charge is 2.37. The van der Waals surface area contributed by atoms with Crippen molar-refractivity contribution in [2.24, 2.45) is 5.92 Å². The Morgan fingerprint density at radius 3 is 2.65 bits per heavy atom. The third-order valence-electron chi connectivity index (χ3n) is 3.36. The van der Waals surface area contributed by atoms with Crippen LogP contribution in [0.4, 0.5) is 0 Å². The van der Waals surface area contributed by atoms with Crippen molar-refractivity contribution in [2.75, 3.05) is 19.7 Å². The van der Waals surface area contributed by atoms with Crippen molar-refractivity contribution < 1.29 is 4.74 Å². The normalized spacial score (nSPS) is 22.5. The van der Waals surface area contributed by atoms with Gasteiger partial charge >= 0.3 is 0 Å². The van der Waals surface area contributed by atoms with Gasteiger partial charge < -0.3 is 10.1 Å². The number of rotatable bonds is 7. The fourth-order valence-electron chi connectivity index (χ4n) is 2.24. The van der Waals surface area contributed by atoms with Gasteiger partial charge in [-0.1, -0.05) is 26.0 Å². The monoisotopic (exact) mass is 233 g/mol. The summed E-state index contributed by atoms with van der Waals surface area (Å²) in [5.74, 6) is 2.62. The van der Waals surface area contributed by atoms with E-state index in [0.717, 1.165) is 43.7 Å². The maximum absolute atomic E-state index is 5.59. The first-order valence-corrected chi connectivity index (χ1v) is 6.78. The number of nitrogens with one attached hydrogen (secondary N) is 1. The summed E-state index contributed by atoms with van der Waals surface area (Å²) >= 11 is 0. The highest BCUT2D eigenvalue weighted by atomic mass is 16.5. The SMILES string of the molecule is CCCOc1ccc(C2CC2CNCC)cc1. The number of hydrogen-bond donors (Lipinski definition) is 1. The van der Waals surface area contributed by atoms with E-state index in [1.165, 1.54) is 12.0 Å². The molecule has 0 saturated heterocycles. The van der Waals surface area contributed by atoms with Crippen LogP contribution in [-0.4, -0.2) is 19.7 Å².